The highest BCUT2D eigenvalue weighted by Gasteiger charge is 2.09. The summed E-state index contributed by atoms with van der Waals surface area (Å²) < 4.78 is 1.73. The minimum Gasteiger partial charge on any atom is -0.337 e. The van der Waals surface area contributed by atoms with Crippen molar-refractivity contribution in [2.75, 3.05) is 11.9 Å². The van der Waals surface area contributed by atoms with Crippen molar-refractivity contribution >= 4 is 23.3 Å². The van der Waals surface area contributed by atoms with Crippen LogP contribution in [-0.4, -0.2) is 32.8 Å². The number of carbonyl (C=O) groups excluding carboxylic acids is 1. The van der Waals surface area contributed by atoms with E-state index in [4.69, 9.17) is 11.6 Å². The van der Waals surface area contributed by atoms with Crippen molar-refractivity contribution in [2.45, 2.75) is 26.3 Å². The molecular weight excluding hydrogens is 292 g/mol. The van der Waals surface area contributed by atoms with Crippen molar-refractivity contribution in [1.29, 1.82) is 0 Å². The number of nitrogens with zero attached hydrogens (tertiary/aromatic N) is 4. The second kappa shape index (κ2) is 7.03. The molecule has 8 heteroatoms. The van der Waals surface area contributed by atoms with Crippen LogP contribution < -0.4 is 10.6 Å². The van der Waals surface area contributed by atoms with Crippen LogP contribution in [0.3, 0.4) is 0 Å². The first-order valence-electron chi connectivity index (χ1n) is 6.63. The average molecular weight is 309 g/mol. The molecule has 0 atom stereocenters. The third-order valence-corrected chi connectivity index (χ3v) is 3.04. The summed E-state index contributed by atoms with van der Waals surface area (Å²) in [6.45, 7) is 4.45. The first kappa shape index (κ1) is 15.2. The molecule has 0 aliphatic rings. The monoisotopic (exact) mass is 308 g/mol. The van der Waals surface area contributed by atoms with Gasteiger partial charge in [0, 0.05) is 23.7 Å². The van der Waals surface area contributed by atoms with Gasteiger partial charge >= 0.3 is 6.03 Å². The van der Waals surface area contributed by atoms with E-state index in [1.807, 2.05) is 13.8 Å². The molecule has 0 saturated heterocycles. The number of nitrogens with one attached hydrogen (secondary N) is 2. The SMILES string of the molecule is CC(C)n1nnnc1CCNC(=O)Nc1ccc(Cl)cc1. The molecule has 0 unspecified atom stereocenters. The van der Waals surface area contributed by atoms with E-state index in [0.717, 1.165) is 5.82 Å². The lowest BCUT2D eigenvalue weighted by atomic mass is 10.3. The highest BCUT2D eigenvalue weighted by molar-refractivity contribution is 6.30. The second-order valence-corrected chi connectivity index (χ2v) is 5.21. The Kier molecular flexibility index (Phi) is 5.10. The van der Waals surface area contributed by atoms with Crippen molar-refractivity contribution in [1.82, 2.24) is 25.5 Å². The van der Waals surface area contributed by atoms with Crippen molar-refractivity contribution in [3.8, 4) is 0 Å². The van der Waals surface area contributed by atoms with E-state index in [0.29, 0.717) is 23.7 Å². The van der Waals surface area contributed by atoms with Crippen molar-refractivity contribution in [3.63, 3.8) is 0 Å². The number of carbonyl (C=O) groups is 1. The number of benzene rings is 1. The van der Waals surface area contributed by atoms with Gasteiger partial charge < -0.3 is 10.6 Å². The topological polar surface area (TPSA) is 84.7 Å². The highest BCUT2D eigenvalue weighted by Crippen LogP contribution is 2.13. The van der Waals surface area contributed by atoms with Crippen LogP contribution in [0.1, 0.15) is 25.7 Å². The number of rotatable bonds is 5. The van der Waals surface area contributed by atoms with Gasteiger partial charge in [-0.15, -0.1) is 5.10 Å². The smallest absolute Gasteiger partial charge is 0.319 e. The van der Waals surface area contributed by atoms with Gasteiger partial charge in [-0.3, -0.25) is 0 Å². The summed E-state index contributed by atoms with van der Waals surface area (Å²) in [7, 11) is 0. The molecule has 0 radical (unpaired) electrons. The summed E-state index contributed by atoms with van der Waals surface area (Å²) in [6, 6.07) is 6.82. The molecule has 0 aliphatic heterocycles. The average Bonchev–Trinajstić information content (AvgIpc) is 2.90. The molecular formula is C13H17ClN6O. The van der Waals surface area contributed by atoms with Crippen LogP contribution in [0.2, 0.25) is 5.02 Å². The van der Waals surface area contributed by atoms with Crippen LogP contribution in [0, 0.1) is 0 Å². The summed E-state index contributed by atoms with van der Waals surface area (Å²) >= 11 is 5.78. The van der Waals surface area contributed by atoms with Crippen LogP contribution in [0.5, 0.6) is 0 Å². The summed E-state index contributed by atoms with van der Waals surface area (Å²) in [5.74, 6) is 0.747. The van der Waals surface area contributed by atoms with E-state index in [2.05, 4.69) is 26.2 Å². The number of hydrogen-bond acceptors (Lipinski definition) is 4. The number of anilines is 1. The molecule has 1 heterocycles. The molecule has 7 nitrogen and oxygen atoms in total. The molecule has 2 aromatic rings. The maximum atomic E-state index is 11.7. The quantitative estimate of drug-likeness (QED) is 0.887. The zero-order valence-corrected chi connectivity index (χ0v) is 12.6. The van der Waals surface area contributed by atoms with Crippen LogP contribution in [0.15, 0.2) is 24.3 Å². The largest absolute Gasteiger partial charge is 0.337 e. The van der Waals surface area contributed by atoms with Gasteiger partial charge in [-0.05, 0) is 48.5 Å². The maximum absolute atomic E-state index is 11.7. The van der Waals surface area contributed by atoms with E-state index in [1.54, 1.807) is 28.9 Å². The first-order valence-corrected chi connectivity index (χ1v) is 7.01. The molecule has 0 fully saturated rings. The molecule has 0 aliphatic carbocycles. The molecule has 2 rings (SSSR count). The Hall–Kier alpha value is -2.15. The standard InChI is InChI=1S/C13H17ClN6O/c1-9(2)20-12(17-18-19-20)7-8-15-13(21)16-11-5-3-10(14)4-6-11/h3-6,9H,7-8H2,1-2H3,(H2,15,16,21). The molecule has 1 aromatic carbocycles. The lowest BCUT2D eigenvalue weighted by molar-refractivity contribution is 0.252. The van der Waals surface area contributed by atoms with Crippen molar-refractivity contribution < 1.29 is 4.79 Å². The molecule has 0 bridgehead atoms. The third kappa shape index (κ3) is 4.42. The fourth-order valence-electron chi connectivity index (χ4n) is 1.77. The number of halogens is 1. The Balaban J connectivity index is 1.79. The predicted octanol–water partition coefficient (Wildman–Crippen LogP) is 2.27. The summed E-state index contributed by atoms with van der Waals surface area (Å²) in [5, 5.41) is 17.6. The summed E-state index contributed by atoms with van der Waals surface area (Å²) in [5.41, 5.74) is 0.684. The van der Waals surface area contributed by atoms with E-state index in [1.165, 1.54) is 0 Å². The fraction of sp³-hybridized carbons (Fsp3) is 0.385. The second-order valence-electron chi connectivity index (χ2n) is 4.77. The Morgan fingerprint density at radius 3 is 2.71 bits per heavy atom. The van der Waals surface area contributed by atoms with Gasteiger partial charge in [-0.1, -0.05) is 11.6 Å². The number of hydrogen-bond donors (Lipinski definition) is 2. The van der Waals surface area contributed by atoms with Gasteiger partial charge in [-0.25, -0.2) is 9.48 Å². The fourth-order valence-corrected chi connectivity index (χ4v) is 1.90. The molecule has 0 saturated carbocycles. The van der Waals surface area contributed by atoms with E-state index >= 15 is 0 Å². The van der Waals surface area contributed by atoms with Crippen LogP contribution >= 0.6 is 11.6 Å². The normalized spacial score (nSPS) is 10.7. The number of tetrazole rings is 1. The molecule has 112 valence electrons. The lowest BCUT2D eigenvalue weighted by Crippen LogP contribution is -2.31. The molecule has 2 N–H and O–H groups in total. The zero-order chi connectivity index (χ0) is 15.2. The Morgan fingerprint density at radius 1 is 1.33 bits per heavy atom. The minimum absolute atomic E-state index is 0.192. The van der Waals surface area contributed by atoms with Gasteiger partial charge in [0.15, 0.2) is 5.82 Å². The van der Waals surface area contributed by atoms with E-state index in [9.17, 15) is 4.79 Å². The van der Waals surface area contributed by atoms with Crippen LogP contribution in [0.4, 0.5) is 10.5 Å². The zero-order valence-electron chi connectivity index (χ0n) is 11.9. The first-order chi connectivity index (χ1) is 10.1. The summed E-state index contributed by atoms with van der Waals surface area (Å²) in [4.78, 5) is 11.7. The Bertz CT molecular complexity index is 595. The highest BCUT2D eigenvalue weighted by atomic mass is 35.5. The Labute approximate surface area is 127 Å². The van der Waals surface area contributed by atoms with Crippen LogP contribution in [-0.2, 0) is 6.42 Å². The third-order valence-electron chi connectivity index (χ3n) is 2.79. The maximum Gasteiger partial charge on any atom is 0.319 e. The van der Waals surface area contributed by atoms with E-state index < -0.39 is 0 Å². The van der Waals surface area contributed by atoms with Crippen molar-refractivity contribution in [2.24, 2.45) is 0 Å². The minimum atomic E-state index is -0.277. The van der Waals surface area contributed by atoms with Gasteiger partial charge in [-0.2, -0.15) is 0 Å². The van der Waals surface area contributed by atoms with Crippen LogP contribution in [0.25, 0.3) is 0 Å². The molecule has 0 spiro atoms. The molecule has 1 aromatic heterocycles. The van der Waals surface area contributed by atoms with E-state index in [-0.39, 0.29) is 12.1 Å². The van der Waals surface area contributed by atoms with Gasteiger partial charge in [0.1, 0.15) is 0 Å². The molecule has 21 heavy (non-hydrogen) atoms. The number of urea groups is 1. The van der Waals surface area contributed by atoms with Gasteiger partial charge in [0.2, 0.25) is 0 Å². The van der Waals surface area contributed by atoms with Gasteiger partial charge in [0.05, 0.1) is 6.04 Å². The molecule has 2 amide bonds. The predicted molar refractivity (Wildman–Crippen MR) is 80.4 cm³/mol. The number of amides is 2. The summed E-state index contributed by atoms with van der Waals surface area (Å²) in [6.07, 6.45) is 0.569. The van der Waals surface area contributed by atoms with Gasteiger partial charge in [0.25, 0.3) is 0 Å². The lowest BCUT2D eigenvalue weighted by Gasteiger charge is -2.09. The van der Waals surface area contributed by atoms with Crippen molar-refractivity contribution in [3.05, 3.63) is 35.1 Å². The number of aromatic nitrogens is 4. The Morgan fingerprint density at radius 2 is 2.05 bits per heavy atom.